The molecule has 1 aliphatic rings. The molecule has 9 nitrogen and oxygen atoms in total. The van der Waals surface area contributed by atoms with Crippen LogP contribution in [-0.2, 0) is 21.3 Å². The number of pyridine rings is 1. The van der Waals surface area contributed by atoms with Crippen LogP contribution in [0.15, 0.2) is 46.1 Å². The number of nitrogens with zero attached hydrogens (tertiary/aromatic N) is 2. The van der Waals surface area contributed by atoms with Crippen molar-refractivity contribution in [3.05, 3.63) is 58.0 Å². The highest BCUT2D eigenvalue weighted by atomic mass is 32.2. The molecule has 1 aromatic carbocycles. The van der Waals surface area contributed by atoms with E-state index in [1.165, 1.54) is 41.7 Å². The lowest BCUT2D eigenvalue weighted by molar-refractivity contribution is 0.0730. The quantitative estimate of drug-likeness (QED) is 0.683. The first-order valence-corrected chi connectivity index (χ1v) is 11.0. The summed E-state index contributed by atoms with van der Waals surface area (Å²) in [6, 6.07) is 8.95. The highest BCUT2D eigenvalue weighted by Crippen LogP contribution is 2.17. The molecular formula is C20H25N3O6S. The van der Waals surface area contributed by atoms with E-state index in [2.05, 4.69) is 5.32 Å². The Labute approximate surface area is 175 Å². The molecule has 0 bridgehead atoms. The number of aromatic nitrogens is 1. The summed E-state index contributed by atoms with van der Waals surface area (Å²) < 4.78 is 38.4. The van der Waals surface area contributed by atoms with Crippen LogP contribution in [0.3, 0.4) is 0 Å². The molecule has 1 aliphatic heterocycles. The highest BCUT2D eigenvalue weighted by molar-refractivity contribution is 7.89. The smallest absolute Gasteiger partial charge is 0.254 e. The van der Waals surface area contributed by atoms with Crippen molar-refractivity contribution in [1.82, 2.24) is 14.2 Å². The maximum Gasteiger partial charge on any atom is 0.254 e. The minimum Gasteiger partial charge on any atom is -0.496 e. The average molecular weight is 436 g/mol. The number of sulfonamides is 1. The van der Waals surface area contributed by atoms with Crippen molar-refractivity contribution in [2.75, 3.05) is 40.0 Å². The maximum absolute atomic E-state index is 12.6. The number of rotatable bonds is 7. The standard InChI is InChI=1S/C20H25N3O6S/c1-15-13-17(28-2)14-19(24)23(15)8-7-21-20(25)16-3-5-18(6-4-16)30(26,27)22-9-11-29-12-10-22/h3-6,13-14H,7-12H2,1-2H3,(H,21,25). The van der Waals surface area contributed by atoms with Crippen LogP contribution in [0, 0.1) is 6.92 Å². The maximum atomic E-state index is 12.6. The Morgan fingerprint density at radius 2 is 1.83 bits per heavy atom. The van der Waals surface area contributed by atoms with Gasteiger partial charge in [0.25, 0.3) is 11.5 Å². The zero-order valence-electron chi connectivity index (χ0n) is 17.0. The topological polar surface area (TPSA) is 107 Å². The molecule has 10 heteroatoms. The molecule has 1 N–H and O–H groups in total. The number of carbonyl (C=O) groups excluding carboxylic acids is 1. The second kappa shape index (κ2) is 9.41. The number of methoxy groups -OCH3 is 1. The number of morpholine rings is 1. The molecule has 0 saturated carbocycles. The lowest BCUT2D eigenvalue weighted by atomic mass is 10.2. The molecule has 2 aromatic rings. The number of benzene rings is 1. The molecule has 0 atom stereocenters. The lowest BCUT2D eigenvalue weighted by Gasteiger charge is -2.26. The van der Waals surface area contributed by atoms with E-state index >= 15 is 0 Å². The average Bonchev–Trinajstić information content (AvgIpc) is 2.76. The van der Waals surface area contributed by atoms with E-state index < -0.39 is 10.0 Å². The van der Waals surface area contributed by atoms with Crippen molar-refractivity contribution in [3.8, 4) is 5.75 Å². The van der Waals surface area contributed by atoms with Crippen LogP contribution >= 0.6 is 0 Å². The summed E-state index contributed by atoms with van der Waals surface area (Å²) in [5.74, 6) is 0.148. The van der Waals surface area contributed by atoms with Crippen molar-refractivity contribution >= 4 is 15.9 Å². The second-order valence-corrected chi connectivity index (χ2v) is 8.76. The van der Waals surface area contributed by atoms with Gasteiger partial charge in [0.05, 0.1) is 25.2 Å². The highest BCUT2D eigenvalue weighted by Gasteiger charge is 2.26. The van der Waals surface area contributed by atoms with E-state index in [1.807, 2.05) is 0 Å². The van der Waals surface area contributed by atoms with E-state index in [0.717, 1.165) is 5.69 Å². The van der Waals surface area contributed by atoms with Crippen LogP contribution in [0.25, 0.3) is 0 Å². The van der Waals surface area contributed by atoms with Gasteiger partial charge < -0.3 is 19.4 Å². The number of ether oxygens (including phenoxy) is 2. The summed E-state index contributed by atoms with van der Waals surface area (Å²) in [4.78, 5) is 24.6. The summed E-state index contributed by atoms with van der Waals surface area (Å²) in [6.07, 6.45) is 0. The molecule has 1 saturated heterocycles. The normalized spacial score (nSPS) is 15.0. The third-order valence-electron chi connectivity index (χ3n) is 4.89. The predicted octanol–water partition coefficient (Wildman–Crippen LogP) is 0.616. The van der Waals surface area contributed by atoms with E-state index in [-0.39, 0.29) is 22.9 Å². The van der Waals surface area contributed by atoms with Crippen LogP contribution in [0.5, 0.6) is 5.75 Å². The summed E-state index contributed by atoms with van der Waals surface area (Å²) in [5, 5.41) is 2.75. The van der Waals surface area contributed by atoms with Gasteiger partial charge in [-0.2, -0.15) is 4.31 Å². The molecule has 2 heterocycles. The molecule has 162 valence electrons. The summed E-state index contributed by atoms with van der Waals surface area (Å²) >= 11 is 0. The summed E-state index contributed by atoms with van der Waals surface area (Å²) in [7, 11) is -2.10. The van der Waals surface area contributed by atoms with Crippen molar-refractivity contribution in [1.29, 1.82) is 0 Å². The molecule has 0 radical (unpaired) electrons. The van der Waals surface area contributed by atoms with Crippen molar-refractivity contribution < 1.29 is 22.7 Å². The number of hydrogen-bond donors (Lipinski definition) is 1. The lowest BCUT2D eigenvalue weighted by Crippen LogP contribution is -2.40. The van der Waals surface area contributed by atoms with Crippen LogP contribution < -0.4 is 15.6 Å². The van der Waals surface area contributed by atoms with Crippen molar-refractivity contribution in [3.63, 3.8) is 0 Å². The van der Waals surface area contributed by atoms with Crippen LogP contribution in [0.4, 0.5) is 0 Å². The first kappa shape index (κ1) is 22.0. The van der Waals surface area contributed by atoms with Gasteiger partial charge in [0, 0.05) is 43.5 Å². The second-order valence-electron chi connectivity index (χ2n) is 6.82. The summed E-state index contributed by atoms with van der Waals surface area (Å²) in [5.41, 5.74) is 0.861. The van der Waals surface area contributed by atoms with Crippen molar-refractivity contribution in [2.45, 2.75) is 18.4 Å². The first-order chi connectivity index (χ1) is 14.3. The van der Waals surface area contributed by atoms with Crippen LogP contribution in [0.2, 0.25) is 0 Å². The molecule has 0 aliphatic carbocycles. The van der Waals surface area contributed by atoms with E-state index in [0.29, 0.717) is 44.2 Å². The molecule has 0 unspecified atom stereocenters. The van der Waals surface area contributed by atoms with Gasteiger partial charge in [0.1, 0.15) is 5.75 Å². The fourth-order valence-corrected chi connectivity index (χ4v) is 4.61. The zero-order chi connectivity index (χ0) is 21.7. The largest absolute Gasteiger partial charge is 0.496 e. The first-order valence-electron chi connectivity index (χ1n) is 9.54. The van der Waals surface area contributed by atoms with Crippen LogP contribution in [-0.4, -0.2) is 63.2 Å². The Balaban J connectivity index is 1.61. The van der Waals surface area contributed by atoms with Gasteiger partial charge in [-0.25, -0.2) is 8.42 Å². The molecule has 1 amide bonds. The van der Waals surface area contributed by atoms with Gasteiger partial charge in [-0.1, -0.05) is 0 Å². The van der Waals surface area contributed by atoms with E-state index in [4.69, 9.17) is 9.47 Å². The van der Waals surface area contributed by atoms with Gasteiger partial charge in [0.2, 0.25) is 10.0 Å². The van der Waals surface area contributed by atoms with Gasteiger partial charge in [-0.05, 0) is 37.3 Å². The van der Waals surface area contributed by atoms with Gasteiger partial charge in [-0.15, -0.1) is 0 Å². The third-order valence-corrected chi connectivity index (χ3v) is 6.80. The van der Waals surface area contributed by atoms with Gasteiger partial charge in [-0.3, -0.25) is 9.59 Å². The predicted molar refractivity (Wildman–Crippen MR) is 110 cm³/mol. The molecule has 30 heavy (non-hydrogen) atoms. The number of amides is 1. The zero-order valence-corrected chi connectivity index (χ0v) is 17.8. The fourth-order valence-electron chi connectivity index (χ4n) is 3.20. The molecule has 1 fully saturated rings. The number of hydrogen-bond acceptors (Lipinski definition) is 6. The molecule has 3 rings (SSSR count). The SMILES string of the molecule is COc1cc(C)n(CCNC(=O)c2ccc(S(=O)(=O)N3CCOCC3)cc2)c(=O)c1. The number of carbonyl (C=O) groups is 1. The summed E-state index contributed by atoms with van der Waals surface area (Å²) in [6.45, 7) is 3.72. The Morgan fingerprint density at radius 1 is 1.17 bits per heavy atom. The molecular weight excluding hydrogens is 410 g/mol. The number of nitrogens with one attached hydrogen (secondary N) is 1. The third kappa shape index (κ3) is 4.89. The minimum absolute atomic E-state index is 0.140. The minimum atomic E-state index is -3.60. The fraction of sp³-hybridized carbons (Fsp3) is 0.400. The van der Waals surface area contributed by atoms with Gasteiger partial charge >= 0.3 is 0 Å². The Hall–Kier alpha value is -2.69. The Kier molecular flexibility index (Phi) is 6.91. The molecule has 1 aromatic heterocycles. The monoisotopic (exact) mass is 435 g/mol. The molecule has 0 spiro atoms. The Morgan fingerprint density at radius 3 is 2.43 bits per heavy atom. The van der Waals surface area contributed by atoms with Gasteiger partial charge in [0.15, 0.2) is 0 Å². The number of aryl methyl sites for hydroxylation is 1. The van der Waals surface area contributed by atoms with Crippen LogP contribution in [0.1, 0.15) is 16.1 Å². The van der Waals surface area contributed by atoms with Crippen molar-refractivity contribution in [2.24, 2.45) is 0 Å². The Bertz CT molecular complexity index is 1060. The van der Waals surface area contributed by atoms with E-state index in [1.54, 1.807) is 17.6 Å². The van der Waals surface area contributed by atoms with E-state index in [9.17, 15) is 18.0 Å².